The van der Waals surface area contributed by atoms with Crippen LogP contribution in [0.15, 0.2) is 60.2 Å². The summed E-state index contributed by atoms with van der Waals surface area (Å²) in [5.41, 5.74) is 6.33. The van der Waals surface area contributed by atoms with Gasteiger partial charge in [-0.3, -0.25) is 24.2 Å². The van der Waals surface area contributed by atoms with Crippen LogP contribution in [0.2, 0.25) is 0 Å². The lowest BCUT2D eigenvalue weighted by Gasteiger charge is -2.47. The van der Waals surface area contributed by atoms with Crippen molar-refractivity contribution in [3.05, 3.63) is 88.2 Å². The Bertz CT molecular complexity index is 2320. The highest BCUT2D eigenvalue weighted by Gasteiger charge is 2.38. The summed E-state index contributed by atoms with van der Waals surface area (Å²) in [5, 5.41) is 17.0. The summed E-state index contributed by atoms with van der Waals surface area (Å²) in [7, 11) is 1.64. The van der Waals surface area contributed by atoms with Crippen molar-refractivity contribution in [3.63, 3.8) is 0 Å². The number of piperazine rings is 1. The first-order valence-corrected chi connectivity index (χ1v) is 20.4. The van der Waals surface area contributed by atoms with Gasteiger partial charge in [0, 0.05) is 86.8 Å². The predicted molar refractivity (Wildman–Crippen MR) is 226 cm³/mol. The van der Waals surface area contributed by atoms with E-state index in [9.17, 15) is 19.5 Å². The number of amides is 2. The minimum Gasteiger partial charge on any atom is -0.392 e. The molecule has 0 saturated carbocycles. The van der Waals surface area contributed by atoms with E-state index in [0.717, 1.165) is 51.0 Å². The fraction of sp³-hybridized carbons (Fsp3) is 0.477. The molecule has 14 heteroatoms. The zero-order valence-electron chi connectivity index (χ0n) is 34.4. The Morgan fingerprint density at radius 1 is 1.05 bits per heavy atom. The van der Waals surface area contributed by atoms with Crippen molar-refractivity contribution in [1.29, 1.82) is 0 Å². The van der Waals surface area contributed by atoms with E-state index in [1.165, 1.54) is 21.9 Å². The lowest BCUT2D eigenvalue weighted by molar-refractivity contribution is -0.111. The number of aliphatic hydroxyl groups is 1. The first-order chi connectivity index (χ1) is 27.7. The topological polar surface area (TPSA) is 150 Å². The first kappa shape index (κ1) is 39.5. The van der Waals surface area contributed by atoms with Gasteiger partial charge >= 0.3 is 0 Å². The van der Waals surface area contributed by atoms with Crippen LogP contribution in [0.1, 0.15) is 74.8 Å². The van der Waals surface area contributed by atoms with Gasteiger partial charge in [-0.2, -0.15) is 0 Å². The molecule has 1 aliphatic carbocycles. The number of nitrogens with zero attached hydrogens (tertiary/aromatic N) is 7. The summed E-state index contributed by atoms with van der Waals surface area (Å²) in [4.78, 5) is 56.2. The zero-order chi connectivity index (χ0) is 41.0. The molecule has 8 rings (SSSR count). The number of anilines is 5. The van der Waals surface area contributed by atoms with Crippen molar-refractivity contribution < 1.29 is 19.4 Å². The van der Waals surface area contributed by atoms with Crippen LogP contribution in [0.5, 0.6) is 0 Å². The van der Waals surface area contributed by atoms with Gasteiger partial charge in [0.1, 0.15) is 11.5 Å². The molecule has 1 aromatic carbocycles. The lowest BCUT2D eigenvalue weighted by atomic mass is 9.90. The van der Waals surface area contributed by atoms with Gasteiger partial charge < -0.3 is 34.5 Å². The average Bonchev–Trinajstić information content (AvgIpc) is 3.68. The molecule has 2 fully saturated rings. The van der Waals surface area contributed by atoms with E-state index in [-0.39, 0.29) is 46.9 Å². The van der Waals surface area contributed by atoms with Crippen molar-refractivity contribution in [1.82, 2.24) is 24.0 Å². The molecule has 4 aromatic rings. The molecule has 306 valence electrons. The van der Waals surface area contributed by atoms with Crippen molar-refractivity contribution in [2.24, 2.45) is 12.5 Å². The Balaban J connectivity index is 1.06. The highest BCUT2D eigenvalue weighted by Crippen LogP contribution is 2.40. The van der Waals surface area contributed by atoms with Gasteiger partial charge in [-0.15, -0.1) is 0 Å². The summed E-state index contributed by atoms with van der Waals surface area (Å²) < 4.78 is 9.59. The number of aryl methyl sites for hydroxylation is 1. The number of carbonyl (C=O) groups excluding carboxylic acids is 2. The van der Waals surface area contributed by atoms with E-state index < -0.39 is 6.61 Å². The Morgan fingerprint density at radius 3 is 2.55 bits per heavy atom. The monoisotopic (exact) mass is 789 g/mol. The molecular weight excluding hydrogens is 735 g/mol. The van der Waals surface area contributed by atoms with Crippen molar-refractivity contribution >= 4 is 40.5 Å². The van der Waals surface area contributed by atoms with Crippen molar-refractivity contribution in [2.75, 3.05) is 46.6 Å². The second-order valence-electron chi connectivity index (χ2n) is 17.3. The smallest absolute Gasteiger partial charge is 0.293 e. The molecule has 3 aromatic heterocycles. The summed E-state index contributed by atoms with van der Waals surface area (Å²) in [6, 6.07) is 10.1. The maximum absolute atomic E-state index is 14.0. The number of rotatable bonds is 9. The number of nitrogens with one attached hydrogen (secondary N) is 2. The van der Waals surface area contributed by atoms with E-state index >= 15 is 0 Å². The Kier molecular flexibility index (Phi) is 10.5. The SMILES string of the molecule is C=CC(=O)Nc1cc(Nc2nc(-c3ccnc(N4CCn5c(cc6c5CC(C)(C)C6)C4=O)c3CO)cn(C)c2=O)ccc1N1CCN(C2CC(C)OC(C)C2)C[C@@H]1C. The summed E-state index contributed by atoms with van der Waals surface area (Å²) in [6.45, 7) is 17.9. The molecule has 2 unspecified atom stereocenters. The number of aliphatic hydroxyl groups excluding tert-OH is 1. The number of ether oxygens (including phenoxy) is 1. The largest absolute Gasteiger partial charge is 0.392 e. The Morgan fingerprint density at radius 2 is 1.83 bits per heavy atom. The van der Waals surface area contributed by atoms with Gasteiger partial charge in [-0.05, 0) is 93.8 Å². The van der Waals surface area contributed by atoms with Gasteiger partial charge in [-0.1, -0.05) is 20.4 Å². The number of carbonyl (C=O) groups is 2. The lowest BCUT2D eigenvalue weighted by Crippen LogP contribution is -2.57. The van der Waals surface area contributed by atoms with Crippen LogP contribution < -0.4 is 26.0 Å². The molecule has 6 heterocycles. The van der Waals surface area contributed by atoms with E-state index in [1.807, 2.05) is 24.3 Å². The quantitative estimate of drug-likeness (QED) is 0.192. The zero-order valence-corrected chi connectivity index (χ0v) is 34.4. The molecule has 2 saturated heterocycles. The summed E-state index contributed by atoms with van der Waals surface area (Å²) >= 11 is 0. The minimum atomic E-state index is -0.394. The van der Waals surface area contributed by atoms with Crippen LogP contribution in [0.4, 0.5) is 28.7 Å². The molecule has 0 radical (unpaired) electrons. The third-order valence-corrected chi connectivity index (χ3v) is 12.3. The van der Waals surface area contributed by atoms with E-state index in [1.54, 1.807) is 30.4 Å². The second kappa shape index (κ2) is 15.5. The first-order valence-electron chi connectivity index (χ1n) is 20.4. The molecular formula is C44H55N9O5. The van der Waals surface area contributed by atoms with Crippen LogP contribution in [0.3, 0.4) is 0 Å². The number of aromatic nitrogens is 4. The predicted octanol–water partition coefficient (Wildman–Crippen LogP) is 5.26. The number of benzene rings is 1. The standard InChI is InChI=1S/C44H55N9O5/c1-8-39(55)47-34-20-30(9-10-36(34)51-14-13-50(23-26(51)2)31-17-27(3)58-28(4)18-31)46-40-43(57)49(7)24-35(48-40)32-11-12-45-41(33(32)25-54)53-16-15-52-37(42(53)56)19-29-21-44(5,6)22-38(29)52/h8-12,19-20,24,26-28,31,54H,1,13-18,21-23,25H2,2-7H3,(H,46,48)(H,47,55)/t26-,27?,28?,31?/m0/s1. The number of fused-ring (bicyclic) bond motifs is 3. The molecule has 3 aliphatic heterocycles. The van der Waals surface area contributed by atoms with E-state index in [4.69, 9.17) is 9.72 Å². The molecule has 3 N–H and O–H groups in total. The van der Waals surface area contributed by atoms with Gasteiger partial charge in [0.15, 0.2) is 5.82 Å². The summed E-state index contributed by atoms with van der Waals surface area (Å²) in [6.07, 6.45) is 8.83. The third-order valence-electron chi connectivity index (χ3n) is 12.3. The molecule has 58 heavy (non-hydrogen) atoms. The fourth-order valence-electron chi connectivity index (χ4n) is 9.67. The van der Waals surface area contributed by atoms with E-state index in [2.05, 4.69) is 71.2 Å². The van der Waals surface area contributed by atoms with Gasteiger partial charge in [0.05, 0.1) is 35.9 Å². The van der Waals surface area contributed by atoms with Crippen LogP contribution >= 0.6 is 0 Å². The van der Waals surface area contributed by atoms with Crippen molar-refractivity contribution in [3.8, 4) is 11.3 Å². The highest BCUT2D eigenvalue weighted by atomic mass is 16.5. The molecule has 0 spiro atoms. The maximum Gasteiger partial charge on any atom is 0.293 e. The Hall–Kier alpha value is -5.31. The normalized spacial score (nSPS) is 23.1. The van der Waals surface area contributed by atoms with Crippen molar-refractivity contribution in [2.45, 2.75) is 97.7 Å². The average molecular weight is 790 g/mol. The molecule has 2 amide bonds. The maximum atomic E-state index is 14.0. The van der Waals surface area contributed by atoms with Gasteiger partial charge in [0.2, 0.25) is 5.91 Å². The van der Waals surface area contributed by atoms with E-state index in [0.29, 0.717) is 58.8 Å². The molecule has 0 bridgehead atoms. The van der Waals surface area contributed by atoms with Crippen LogP contribution in [-0.2, 0) is 42.6 Å². The molecule has 4 aliphatic rings. The van der Waals surface area contributed by atoms with Crippen LogP contribution in [-0.4, -0.2) is 91.4 Å². The van der Waals surface area contributed by atoms with Gasteiger partial charge in [-0.25, -0.2) is 9.97 Å². The van der Waals surface area contributed by atoms with Crippen LogP contribution in [0.25, 0.3) is 11.3 Å². The molecule has 3 atom stereocenters. The number of hydrogen-bond acceptors (Lipinski definition) is 10. The van der Waals surface area contributed by atoms with Crippen LogP contribution in [0, 0.1) is 5.41 Å². The highest BCUT2D eigenvalue weighted by molar-refractivity contribution is 6.06. The number of hydrogen-bond donors (Lipinski definition) is 3. The summed E-state index contributed by atoms with van der Waals surface area (Å²) in [5.74, 6) is -0.0731. The van der Waals surface area contributed by atoms with Gasteiger partial charge in [0.25, 0.3) is 11.5 Å². The molecule has 14 nitrogen and oxygen atoms in total. The Labute approximate surface area is 339 Å². The fourth-order valence-corrected chi connectivity index (χ4v) is 9.67. The number of pyridine rings is 1. The third kappa shape index (κ3) is 7.44. The second-order valence-corrected chi connectivity index (χ2v) is 17.3. The minimum absolute atomic E-state index is 0.0576.